The second-order valence-electron chi connectivity index (χ2n) is 6.13. The summed E-state index contributed by atoms with van der Waals surface area (Å²) in [4.78, 5) is 4.79. The number of ether oxygens (including phenoxy) is 1. The molecule has 0 saturated carbocycles. The van der Waals surface area contributed by atoms with Gasteiger partial charge in [0.1, 0.15) is 0 Å². The Morgan fingerprint density at radius 2 is 1.78 bits per heavy atom. The van der Waals surface area contributed by atoms with Gasteiger partial charge in [-0.25, -0.2) is 9.37 Å². The third kappa shape index (κ3) is 3.73. The van der Waals surface area contributed by atoms with Crippen molar-refractivity contribution in [1.82, 2.24) is 4.98 Å². The van der Waals surface area contributed by atoms with Gasteiger partial charge in [-0.3, -0.25) is 0 Å². The first-order valence-corrected chi connectivity index (χ1v) is 8.56. The lowest BCUT2D eigenvalue weighted by molar-refractivity contribution is 0.386. The van der Waals surface area contributed by atoms with Crippen molar-refractivity contribution in [3.05, 3.63) is 77.2 Å². The standard InChI is InChI=1S/C23H19FN2O/c1-4-5-21-15(2)12-19(17-8-6-16(14-25)7-9-17)23(26-21)18-10-11-22(27-3)20(24)13-18/h4-13H,1-3H3/b5-4-. The van der Waals surface area contributed by atoms with E-state index in [4.69, 9.17) is 15.0 Å². The summed E-state index contributed by atoms with van der Waals surface area (Å²) in [5.41, 5.74) is 5.59. The van der Waals surface area contributed by atoms with Crippen molar-refractivity contribution in [3.8, 4) is 34.2 Å². The number of pyridine rings is 1. The van der Waals surface area contributed by atoms with Crippen LogP contribution in [0.4, 0.5) is 4.39 Å². The molecule has 0 spiro atoms. The summed E-state index contributed by atoms with van der Waals surface area (Å²) in [5, 5.41) is 9.03. The topological polar surface area (TPSA) is 45.9 Å². The molecule has 1 aromatic heterocycles. The average Bonchev–Trinajstić information content (AvgIpc) is 2.69. The molecule has 3 nitrogen and oxygen atoms in total. The summed E-state index contributed by atoms with van der Waals surface area (Å²) >= 11 is 0. The lowest BCUT2D eigenvalue weighted by atomic mass is 9.96. The van der Waals surface area contributed by atoms with Crippen LogP contribution in [0, 0.1) is 24.1 Å². The van der Waals surface area contributed by atoms with Crippen LogP contribution in [-0.4, -0.2) is 12.1 Å². The smallest absolute Gasteiger partial charge is 0.165 e. The van der Waals surface area contributed by atoms with Crippen LogP contribution in [-0.2, 0) is 0 Å². The fraction of sp³-hybridized carbons (Fsp3) is 0.130. The number of hydrogen-bond acceptors (Lipinski definition) is 3. The van der Waals surface area contributed by atoms with Gasteiger partial charge in [0.2, 0.25) is 0 Å². The van der Waals surface area contributed by atoms with Gasteiger partial charge >= 0.3 is 0 Å². The van der Waals surface area contributed by atoms with Crippen LogP contribution in [0.5, 0.6) is 5.75 Å². The largest absolute Gasteiger partial charge is 0.494 e. The summed E-state index contributed by atoms with van der Waals surface area (Å²) in [5.74, 6) is -0.241. The fourth-order valence-electron chi connectivity index (χ4n) is 2.93. The summed E-state index contributed by atoms with van der Waals surface area (Å²) in [6.07, 6.45) is 3.86. The quantitative estimate of drug-likeness (QED) is 0.594. The molecule has 0 amide bonds. The average molecular weight is 358 g/mol. The molecule has 3 aromatic rings. The number of benzene rings is 2. The van der Waals surface area contributed by atoms with E-state index in [0.717, 1.165) is 22.4 Å². The molecule has 0 N–H and O–H groups in total. The third-order valence-electron chi connectivity index (χ3n) is 4.33. The highest BCUT2D eigenvalue weighted by atomic mass is 19.1. The van der Waals surface area contributed by atoms with Gasteiger partial charge < -0.3 is 4.74 Å². The summed E-state index contributed by atoms with van der Waals surface area (Å²) < 4.78 is 19.3. The van der Waals surface area contributed by atoms with Gasteiger partial charge in [-0.15, -0.1) is 0 Å². The number of nitriles is 1. The van der Waals surface area contributed by atoms with Crippen LogP contribution < -0.4 is 4.74 Å². The van der Waals surface area contributed by atoms with E-state index in [-0.39, 0.29) is 5.75 Å². The fourth-order valence-corrected chi connectivity index (χ4v) is 2.93. The van der Waals surface area contributed by atoms with Gasteiger partial charge in [-0.05, 0) is 67.4 Å². The Hall–Kier alpha value is -3.45. The molecule has 0 saturated heterocycles. The van der Waals surface area contributed by atoms with Crippen LogP contribution >= 0.6 is 0 Å². The van der Waals surface area contributed by atoms with E-state index in [1.54, 1.807) is 24.3 Å². The number of aryl methyl sites for hydroxylation is 1. The molecule has 0 aliphatic heterocycles. The molecular formula is C23H19FN2O. The molecule has 1 heterocycles. The maximum Gasteiger partial charge on any atom is 0.165 e. The maximum absolute atomic E-state index is 14.3. The highest BCUT2D eigenvalue weighted by molar-refractivity contribution is 5.82. The second kappa shape index (κ2) is 7.84. The minimum absolute atomic E-state index is 0.194. The molecule has 0 unspecified atom stereocenters. The van der Waals surface area contributed by atoms with Crippen LogP contribution in [0.3, 0.4) is 0 Å². The maximum atomic E-state index is 14.3. The molecule has 4 heteroatoms. The molecule has 2 aromatic carbocycles. The molecule has 0 bridgehead atoms. The van der Waals surface area contributed by atoms with Crippen molar-refractivity contribution >= 4 is 6.08 Å². The van der Waals surface area contributed by atoms with Gasteiger partial charge in [-0.2, -0.15) is 5.26 Å². The van der Waals surface area contributed by atoms with Gasteiger partial charge in [0.05, 0.1) is 30.1 Å². The lowest BCUT2D eigenvalue weighted by Crippen LogP contribution is -1.97. The van der Waals surface area contributed by atoms with Gasteiger partial charge in [0.15, 0.2) is 11.6 Å². The predicted molar refractivity (Wildman–Crippen MR) is 106 cm³/mol. The normalized spacial score (nSPS) is 10.8. The Morgan fingerprint density at radius 3 is 2.37 bits per heavy atom. The Kier molecular flexibility index (Phi) is 5.33. The number of aromatic nitrogens is 1. The molecule has 134 valence electrons. The zero-order valence-electron chi connectivity index (χ0n) is 15.5. The van der Waals surface area contributed by atoms with E-state index in [9.17, 15) is 4.39 Å². The number of allylic oxidation sites excluding steroid dienone is 1. The molecule has 0 atom stereocenters. The Balaban J connectivity index is 2.24. The SMILES string of the molecule is C/C=C\c1nc(-c2ccc(OC)c(F)c2)c(-c2ccc(C#N)cc2)cc1C. The first-order valence-electron chi connectivity index (χ1n) is 8.56. The van der Waals surface area contributed by atoms with Crippen molar-refractivity contribution in [3.63, 3.8) is 0 Å². The molecule has 3 rings (SSSR count). The zero-order valence-corrected chi connectivity index (χ0v) is 15.5. The predicted octanol–water partition coefficient (Wildman–Crippen LogP) is 5.78. The van der Waals surface area contributed by atoms with E-state index < -0.39 is 5.82 Å². The molecule has 0 radical (unpaired) electrons. The van der Waals surface area contributed by atoms with Crippen molar-refractivity contribution < 1.29 is 9.13 Å². The minimum atomic E-state index is -0.435. The Morgan fingerprint density at radius 1 is 1.07 bits per heavy atom. The van der Waals surface area contributed by atoms with Crippen LogP contribution in [0.25, 0.3) is 28.5 Å². The number of nitrogens with zero attached hydrogens (tertiary/aromatic N) is 2. The monoisotopic (exact) mass is 358 g/mol. The third-order valence-corrected chi connectivity index (χ3v) is 4.33. The van der Waals surface area contributed by atoms with Crippen molar-refractivity contribution in [1.29, 1.82) is 5.26 Å². The Bertz CT molecular complexity index is 1050. The Labute approximate surface area is 158 Å². The van der Waals surface area contributed by atoms with E-state index in [0.29, 0.717) is 16.8 Å². The van der Waals surface area contributed by atoms with E-state index in [1.165, 1.54) is 13.2 Å². The van der Waals surface area contributed by atoms with E-state index in [1.807, 2.05) is 44.2 Å². The highest BCUT2D eigenvalue weighted by Crippen LogP contribution is 2.34. The molecule has 27 heavy (non-hydrogen) atoms. The molecule has 0 aliphatic carbocycles. The van der Waals surface area contributed by atoms with Crippen molar-refractivity contribution in [2.45, 2.75) is 13.8 Å². The molecular weight excluding hydrogens is 339 g/mol. The summed E-state index contributed by atoms with van der Waals surface area (Å²) in [6, 6.07) is 16.3. The first kappa shape index (κ1) is 18.3. The van der Waals surface area contributed by atoms with Crippen molar-refractivity contribution in [2.24, 2.45) is 0 Å². The molecule has 0 aliphatic rings. The van der Waals surface area contributed by atoms with E-state index >= 15 is 0 Å². The zero-order chi connectivity index (χ0) is 19.4. The number of halogens is 1. The number of methoxy groups -OCH3 is 1. The highest BCUT2D eigenvalue weighted by Gasteiger charge is 2.14. The van der Waals surface area contributed by atoms with Gasteiger partial charge in [0.25, 0.3) is 0 Å². The number of rotatable bonds is 4. The second-order valence-corrected chi connectivity index (χ2v) is 6.13. The summed E-state index contributed by atoms with van der Waals surface area (Å²) in [6.45, 7) is 3.93. The van der Waals surface area contributed by atoms with Gasteiger partial charge in [-0.1, -0.05) is 18.2 Å². The van der Waals surface area contributed by atoms with E-state index in [2.05, 4.69) is 6.07 Å². The number of hydrogen-bond donors (Lipinski definition) is 0. The first-order chi connectivity index (χ1) is 13.1. The van der Waals surface area contributed by atoms with Crippen LogP contribution in [0.2, 0.25) is 0 Å². The lowest BCUT2D eigenvalue weighted by Gasteiger charge is -2.14. The van der Waals surface area contributed by atoms with Crippen molar-refractivity contribution in [2.75, 3.05) is 7.11 Å². The van der Waals surface area contributed by atoms with Gasteiger partial charge in [0, 0.05) is 11.1 Å². The molecule has 0 fully saturated rings. The van der Waals surface area contributed by atoms with Crippen LogP contribution in [0.1, 0.15) is 23.7 Å². The minimum Gasteiger partial charge on any atom is -0.494 e. The van der Waals surface area contributed by atoms with Crippen LogP contribution in [0.15, 0.2) is 54.6 Å². The summed E-state index contributed by atoms with van der Waals surface area (Å²) in [7, 11) is 1.44.